The van der Waals surface area contributed by atoms with E-state index in [2.05, 4.69) is 21.7 Å². The number of benzene rings is 2. The van der Waals surface area contributed by atoms with E-state index < -0.39 is 5.91 Å². The summed E-state index contributed by atoms with van der Waals surface area (Å²) in [6, 6.07) is 17.4. The first-order valence-corrected chi connectivity index (χ1v) is 8.67. The first-order valence-electron chi connectivity index (χ1n) is 7.69. The normalized spacial score (nSPS) is 10.7. The van der Waals surface area contributed by atoms with E-state index in [0.29, 0.717) is 5.56 Å². The van der Waals surface area contributed by atoms with Gasteiger partial charge in [0.05, 0.1) is 0 Å². The van der Waals surface area contributed by atoms with Crippen LogP contribution in [0.4, 0.5) is 0 Å². The second-order valence-corrected chi connectivity index (χ2v) is 6.21. The maximum Gasteiger partial charge on any atom is 0.248 e. The zero-order chi connectivity index (χ0) is 16.9. The summed E-state index contributed by atoms with van der Waals surface area (Å²) in [7, 11) is 0. The highest BCUT2D eigenvalue weighted by Crippen LogP contribution is 2.26. The highest BCUT2D eigenvalue weighted by Gasteiger charge is 2.13. The van der Waals surface area contributed by atoms with Crippen molar-refractivity contribution in [2.75, 3.05) is 0 Å². The smallest absolute Gasteiger partial charge is 0.248 e. The zero-order valence-corrected chi connectivity index (χ0v) is 14.2. The van der Waals surface area contributed by atoms with E-state index >= 15 is 0 Å². The van der Waals surface area contributed by atoms with E-state index in [1.54, 1.807) is 23.9 Å². The Hall–Kier alpha value is -2.60. The number of primary amides is 1. The van der Waals surface area contributed by atoms with Crippen LogP contribution in [0.1, 0.15) is 22.8 Å². The number of amides is 1. The molecule has 0 unspecified atom stereocenters. The lowest BCUT2D eigenvalue weighted by Crippen LogP contribution is -2.10. The molecule has 0 aliphatic rings. The minimum atomic E-state index is -0.410. The second-order valence-electron chi connectivity index (χ2n) is 5.27. The molecule has 0 atom stereocenters. The highest BCUT2D eigenvalue weighted by molar-refractivity contribution is 7.98. The molecule has 122 valence electrons. The Balaban J connectivity index is 1.76. The average molecular weight is 338 g/mol. The molecule has 0 saturated heterocycles. The van der Waals surface area contributed by atoms with Crippen LogP contribution in [0, 0.1) is 0 Å². The van der Waals surface area contributed by atoms with Gasteiger partial charge in [-0.2, -0.15) is 0 Å². The number of carbonyl (C=O) groups excluding carboxylic acids is 1. The number of thioether (sulfide) groups is 1. The maximum absolute atomic E-state index is 11.1. The van der Waals surface area contributed by atoms with Crippen LogP contribution in [0.5, 0.6) is 0 Å². The summed E-state index contributed by atoms with van der Waals surface area (Å²) in [5.41, 5.74) is 7.95. The average Bonchev–Trinajstić information content (AvgIpc) is 3.04. The predicted molar refractivity (Wildman–Crippen MR) is 95.7 cm³/mol. The van der Waals surface area contributed by atoms with Gasteiger partial charge in [-0.25, -0.2) is 0 Å². The van der Waals surface area contributed by atoms with Crippen LogP contribution in [-0.4, -0.2) is 20.7 Å². The highest BCUT2D eigenvalue weighted by atomic mass is 32.2. The van der Waals surface area contributed by atoms with Crippen molar-refractivity contribution in [2.45, 2.75) is 24.4 Å². The number of nitrogens with two attached hydrogens (primary N) is 1. The molecule has 0 spiro atoms. The number of rotatable bonds is 6. The summed E-state index contributed by atoms with van der Waals surface area (Å²) in [4.78, 5) is 11.1. The van der Waals surface area contributed by atoms with Gasteiger partial charge in [0.2, 0.25) is 5.91 Å². The summed E-state index contributed by atoms with van der Waals surface area (Å²) in [6.07, 6.45) is 0. The number of aromatic nitrogens is 3. The number of hydrogen-bond acceptors (Lipinski definition) is 4. The molecule has 1 heterocycles. The zero-order valence-electron chi connectivity index (χ0n) is 13.3. The Kier molecular flexibility index (Phi) is 4.96. The van der Waals surface area contributed by atoms with E-state index in [1.807, 2.05) is 42.5 Å². The van der Waals surface area contributed by atoms with Gasteiger partial charge in [-0.05, 0) is 24.6 Å². The fourth-order valence-electron chi connectivity index (χ4n) is 2.39. The molecule has 24 heavy (non-hydrogen) atoms. The molecule has 1 aromatic heterocycles. The molecule has 2 N–H and O–H groups in total. The van der Waals surface area contributed by atoms with Crippen LogP contribution in [0.3, 0.4) is 0 Å². The fraction of sp³-hybridized carbons (Fsp3) is 0.167. The molecule has 0 fully saturated rings. The second kappa shape index (κ2) is 7.31. The summed E-state index contributed by atoms with van der Waals surface area (Å²) in [5.74, 6) is 1.23. The van der Waals surface area contributed by atoms with Crippen LogP contribution in [0.25, 0.3) is 11.4 Å². The molecular weight excluding hydrogens is 320 g/mol. The monoisotopic (exact) mass is 338 g/mol. The van der Waals surface area contributed by atoms with Crippen LogP contribution < -0.4 is 5.73 Å². The SMILES string of the molecule is CCn1c(SCc2ccc(C(N)=O)cc2)nnc1-c1ccccc1. The topological polar surface area (TPSA) is 73.8 Å². The molecule has 0 bridgehead atoms. The molecule has 6 heteroatoms. The van der Waals surface area contributed by atoms with E-state index in [9.17, 15) is 4.79 Å². The number of carbonyl (C=O) groups is 1. The van der Waals surface area contributed by atoms with E-state index in [4.69, 9.17) is 5.73 Å². The summed E-state index contributed by atoms with van der Waals surface area (Å²) >= 11 is 1.63. The molecule has 0 radical (unpaired) electrons. The minimum Gasteiger partial charge on any atom is -0.366 e. The van der Waals surface area contributed by atoms with Gasteiger partial charge in [0.15, 0.2) is 11.0 Å². The lowest BCUT2D eigenvalue weighted by atomic mass is 10.1. The van der Waals surface area contributed by atoms with Gasteiger partial charge < -0.3 is 10.3 Å². The van der Waals surface area contributed by atoms with E-state index in [1.165, 1.54) is 0 Å². The van der Waals surface area contributed by atoms with E-state index in [-0.39, 0.29) is 0 Å². The standard InChI is InChI=1S/C18H18N4OS/c1-2-22-17(15-6-4-3-5-7-15)20-21-18(22)24-12-13-8-10-14(11-9-13)16(19)23/h3-11H,2,12H2,1H3,(H2,19,23). The van der Waals surface area contributed by atoms with Crippen molar-refractivity contribution in [1.82, 2.24) is 14.8 Å². The first kappa shape index (κ1) is 16.3. The van der Waals surface area contributed by atoms with Gasteiger partial charge in [0.25, 0.3) is 0 Å². The summed E-state index contributed by atoms with van der Waals surface area (Å²) < 4.78 is 2.11. The van der Waals surface area contributed by atoms with Gasteiger partial charge in [-0.15, -0.1) is 10.2 Å². The number of hydrogen-bond donors (Lipinski definition) is 1. The molecule has 5 nitrogen and oxygen atoms in total. The Bertz CT molecular complexity index is 828. The molecule has 0 aliphatic heterocycles. The first-order chi connectivity index (χ1) is 11.7. The summed E-state index contributed by atoms with van der Waals surface area (Å²) in [5, 5.41) is 9.55. The Morgan fingerprint density at radius 3 is 2.42 bits per heavy atom. The quantitative estimate of drug-likeness (QED) is 0.700. The fourth-order valence-corrected chi connectivity index (χ4v) is 3.35. The van der Waals surface area contributed by atoms with Gasteiger partial charge in [-0.1, -0.05) is 54.2 Å². The van der Waals surface area contributed by atoms with Gasteiger partial charge >= 0.3 is 0 Å². The van der Waals surface area contributed by atoms with Crippen LogP contribution in [0.2, 0.25) is 0 Å². The lowest BCUT2D eigenvalue weighted by molar-refractivity contribution is 0.100. The van der Waals surface area contributed by atoms with E-state index in [0.717, 1.165) is 34.4 Å². The molecule has 1 amide bonds. The Morgan fingerprint density at radius 2 is 1.79 bits per heavy atom. The number of nitrogens with zero attached hydrogens (tertiary/aromatic N) is 3. The maximum atomic E-state index is 11.1. The molecule has 2 aromatic carbocycles. The third kappa shape index (κ3) is 3.49. The van der Waals surface area contributed by atoms with Crippen molar-refractivity contribution in [3.05, 3.63) is 65.7 Å². The van der Waals surface area contributed by atoms with Crippen LogP contribution >= 0.6 is 11.8 Å². The van der Waals surface area contributed by atoms with Crippen molar-refractivity contribution < 1.29 is 4.79 Å². The van der Waals surface area contributed by atoms with Crippen molar-refractivity contribution in [3.8, 4) is 11.4 Å². The van der Waals surface area contributed by atoms with Gasteiger partial charge in [-0.3, -0.25) is 4.79 Å². The largest absolute Gasteiger partial charge is 0.366 e. The van der Waals surface area contributed by atoms with Crippen molar-refractivity contribution in [2.24, 2.45) is 5.73 Å². The predicted octanol–water partition coefficient (Wildman–Crippen LogP) is 3.36. The van der Waals surface area contributed by atoms with Crippen molar-refractivity contribution >= 4 is 17.7 Å². The lowest BCUT2D eigenvalue weighted by Gasteiger charge is -2.07. The van der Waals surface area contributed by atoms with Gasteiger partial charge in [0, 0.05) is 23.4 Å². The summed E-state index contributed by atoms with van der Waals surface area (Å²) in [6.45, 7) is 2.89. The minimum absolute atomic E-state index is 0.410. The Labute approximate surface area is 144 Å². The molecule has 3 aromatic rings. The third-order valence-electron chi connectivity index (χ3n) is 3.67. The molecule has 0 aliphatic carbocycles. The van der Waals surface area contributed by atoms with Crippen LogP contribution in [-0.2, 0) is 12.3 Å². The van der Waals surface area contributed by atoms with Crippen LogP contribution in [0.15, 0.2) is 59.8 Å². The molecular formula is C18H18N4OS. The van der Waals surface area contributed by atoms with Crippen molar-refractivity contribution in [1.29, 1.82) is 0 Å². The Morgan fingerprint density at radius 1 is 1.08 bits per heavy atom. The molecule has 0 saturated carbocycles. The molecule has 3 rings (SSSR count). The van der Waals surface area contributed by atoms with Gasteiger partial charge in [0.1, 0.15) is 0 Å². The third-order valence-corrected chi connectivity index (χ3v) is 4.71. The van der Waals surface area contributed by atoms with Crippen molar-refractivity contribution in [3.63, 3.8) is 0 Å².